The second kappa shape index (κ2) is 3.81. The first-order valence-corrected chi connectivity index (χ1v) is 3.80. The van der Waals surface area contributed by atoms with Gasteiger partial charge in [0.05, 0.1) is 21.5 Å². The van der Waals surface area contributed by atoms with E-state index >= 15 is 0 Å². The molecule has 0 fully saturated rings. The van der Waals surface area contributed by atoms with Crippen molar-refractivity contribution in [3.8, 4) is 0 Å². The fraction of sp³-hybridized carbons (Fsp3) is 0. The van der Waals surface area contributed by atoms with E-state index in [4.69, 9.17) is 10.8 Å². The van der Waals surface area contributed by atoms with Crippen molar-refractivity contribution in [2.24, 2.45) is 0 Å². The summed E-state index contributed by atoms with van der Waals surface area (Å²) in [4.78, 5) is 29.6. The molecule has 0 saturated carbocycles. The molecular weight excluding hydrogens is 222 g/mol. The lowest BCUT2D eigenvalue weighted by Crippen LogP contribution is -2.07. The molecule has 0 atom stereocenters. The fourth-order valence-corrected chi connectivity index (χ4v) is 1.06. The summed E-state index contributed by atoms with van der Waals surface area (Å²) in [5, 5.41) is 29.5. The van der Waals surface area contributed by atoms with Crippen LogP contribution in [0.2, 0.25) is 0 Å². The SMILES string of the molecule is Nc1c(C(=O)O)cc([N+](=O)[O-])cc1[N+](=O)[O-]. The fourth-order valence-electron chi connectivity index (χ4n) is 1.06. The number of hydrogen-bond acceptors (Lipinski definition) is 6. The van der Waals surface area contributed by atoms with E-state index in [9.17, 15) is 25.0 Å². The maximum Gasteiger partial charge on any atom is 0.338 e. The monoisotopic (exact) mass is 227 g/mol. The minimum Gasteiger partial charge on any atom is -0.478 e. The highest BCUT2D eigenvalue weighted by atomic mass is 16.6. The van der Waals surface area contributed by atoms with Crippen molar-refractivity contribution in [3.63, 3.8) is 0 Å². The zero-order valence-corrected chi connectivity index (χ0v) is 7.61. The Hall–Kier alpha value is -2.71. The summed E-state index contributed by atoms with van der Waals surface area (Å²) in [5.41, 5.74) is 2.44. The van der Waals surface area contributed by atoms with E-state index in [1.54, 1.807) is 0 Å². The Morgan fingerprint density at radius 1 is 1.25 bits per heavy atom. The molecule has 1 aromatic carbocycles. The van der Waals surface area contributed by atoms with Gasteiger partial charge in [-0.15, -0.1) is 0 Å². The van der Waals surface area contributed by atoms with Crippen molar-refractivity contribution in [2.45, 2.75) is 0 Å². The molecule has 9 nitrogen and oxygen atoms in total. The molecule has 0 radical (unpaired) electrons. The minimum absolute atomic E-state index is 0.608. The van der Waals surface area contributed by atoms with Gasteiger partial charge >= 0.3 is 5.97 Å². The van der Waals surface area contributed by atoms with Crippen LogP contribution in [0.3, 0.4) is 0 Å². The van der Waals surface area contributed by atoms with Crippen LogP contribution >= 0.6 is 0 Å². The van der Waals surface area contributed by atoms with Crippen molar-refractivity contribution >= 4 is 23.0 Å². The molecule has 0 aliphatic heterocycles. The number of nitro groups is 2. The maximum atomic E-state index is 10.6. The minimum atomic E-state index is -1.57. The Kier molecular flexibility index (Phi) is 2.70. The number of benzene rings is 1. The molecule has 0 unspecified atom stereocenters. The van der Waals surface area contributed by atoms with E-state index < -0.39 is 38.4 Å². The third-order valence-corrected chi connectivity index (χ3v) is 1.78. The Balaban J connectivity index is 3.57. The second-order valence-corrected chi connectivity index (χ2v) is 2.75. The average molecular weight is 227 g/mol. The topological polar surface area (TPSA) is 150 Å². The van der Waals surface area contributed by atoms with E-state index in [0.717, 1.165) is 0 Å². The third-order valence-electron chi connectivity index (χ3n) is 1.78. The van der Waals surface area contributed by atoms with E-state index in [0.29, 0.717) is 12.1 Å². The zero-order valence-electron chi connectivity index (χ0n) is 7.61. The van der Waals surface area contributed by atoms with Gasteiger partial charge in [0.15, 0.2) is 0 Å². The summed E-state index contributed by atoms with van der Waals surface area (Å²) in [6.45, 7) is 0. The van der Waals surface area contributed by atoms with Crippen LogP contribution in [0.15, 0.2) is 12.1 Å². The normalized spacial score (nSPS) is 9.75. The smallest absolute Gasteiger partial charge is 0.338 e. The Labute approximate surface area is 87.4 Å². The van der Waals surface area contributed by atoms with Crippen LogP contribution in [0.25, 0.3) is 0 Å². The first-order valence-electron chi connectivity index (χ1n) is 3.80. The molecule has 0 amide bonds. The Morgan fingerprint density at radius 3 is 2.19 bits per heavy atom. The van der Waals surface area contributed by atoms with E-state index in [1.807, 2.05) is 0 Å². The van der Waals surface area contributed by atoms with Gasteiger partial charge in [-0.2, -0.15) is 0 Å². The van der Waals surface area contributed by atoms with Gasteiger partial charge in [0.25, 0.3) is 11.4 Å². The lowest BCUT2D eigenvalue weighted by Gasteiger charge is -2.01. The highest BCUT2D eigenvalue weighted by molar-refractivity contribution is 5.97. The first kappa shape index (κ1) is 11.4. The van der Waals surface area contributed by atoms with Crippen molar-refractivity contribution in [2.75, 3.05) is 5.73 Å². The molecule has 0 bridgehead atoms. The van der Waals surface area contributed by atoms with Crippen molar-refractivity contribution in [1.29, 1.82) is 0 Å². The van der Waals surface area contributed by atoms with Crippen molar-refractivity contribution < 1.29 is 19.7 Å². The summed E-state index contributed by atoms with van der Waals surface area (Å²) in [7, 11) is 0. The van der Waals surface area contributed by atoms with Gasteiger partial charge < -0.3 is 10.8 Å². The summed E-state index contributed by atoms with van der Waals surface area (Å²) in [5.74, 6) is -1.57. The molecule has 84 valence electrons. The standard InChI is InChI=1S/C7H5N3O6/c8-6-4(7(11)12)1-3(9(13)14)2-5(6)10(15)16/h1-2H,8H2,(H,11,12). The number of hydrogen-bond donors (Lipinski definition) is 2. The maximum absolute atomic E-state index is 10.6. The van der Waals surface area contributed by atoms with Gasteiger partial charge in [-0.25, -0.2) is 4.79 Å². The lowest BCUT2D eigenvalue weighted by atomic mass is 10.1. The average Bonchev–Trinajstić information content (AvgIpc) is 2.16. The van der Waals surface area contributed by atoms with Crippen LogP contribution in [0.5, 0.6) is 0 Å². The first-order chi connectivity index (χ1) is 7.34. The molecule has 3 N–H and O–H groups in total. The Bertz CT molecular complexity index is 462. The molecule has 0 aliphatic carbocycles. The van der Waals surface area contributed by atoms with Crippen molar-refractivity contribution in [1.82, 2.24) is 0 Å². The molecular formula is C7H5N3O6. The van der Waals surface area contributed by atoms with Crippen LogP contribution < -0.4 is 5.73 Å². The number of rotatable bonds is 3. The van der Waals surface area contributed by atoms with E-state index in [2.05, 4.69) is 0 Å². The van der Waals surface area contributed by atoms with Gasteiger partial charge in [-0.3, -0.25) is 20.2 Å². The molecule has 0 heterocycles. The highest BCUT2D eigenvalue weighted by Crippen LogP contribution is 2.30. The van der Waals surface area contributed by atoms with Crippen LogP contribution in [0, 0.1) is 20.2 Å². The van der Waals surface area contributed by atoms with Crippen LogP contribution in [-0.4, -0.2) is 20.9 Å². The number of aromatic carboxylic acids is 1. The number of carbonyl (C=O) groups is 1. The van der Waals surface area contributed by atoms with Crippen molar-refractivity contribution in [3.05, 3.63) is 37.9 Å². The molecule has 1 rings (SSSR count). The third kappa shape index (κ3) is 1.87. The number of nitrogens with two attached hydrogens (primary N) is 1. The van der Waals surface area contributed by atoms with Gasteiger partial charge in [-0.1, -0.05) is 0 Å². The molecule has 9 heteroatoms. The lowest BCUT2D eigenvalue weighted by molar-refractivity contribution is -0.393. The zero-order chi connectivity index (χ0) is 12.5. The molecule has 0 spiro atoms. The van der Waals surface area contributed by atoms with E-state index in [1.165, 1.54) is 0 Å². The van der Waals surface area contributed by atoms with Crippen LogP contribution in [0.4, 0.5) is 17.1 Å². The van der Waals surface area contributed by atoms with E-state index in [-0.39, 0.29) is 0 Å². The molecule has 0 saturated heterocycles. The van der Waals surface area contributed by atoms with Gasteiger partial charge in [-0.05, 0) is 0 Å². The number of non-ortho nitro benzene ring substituents is 1. The number of carboxylic acids is 1. The molecule has 16 heavy (non-hydrogen) atoms. The number of nitrogens with zero attached hydrogens (tertiary/aromatic N) is 2. The summed E-state index contributed by atoms with van der Waals surface area (Å²) in [6, 6.07) is 1.28. The van der Waals surface area contributed by atoms with Gasteiger partial charge in [0.1, 0.15) is 5.69 Å². The number of anilines is 1. The molecule has 0 aliphatic rings. The summed E-state index contributed by atoms with van der Waals surface area (Å²) < 4.78 is 0. The second-order valence-electron chi connectivity index (χ2n) is 2.75. The predicted molar refractivity (Wildman–Crippen MR) is 51.1 cm³/mol. The van der Waals surface area contributed by atoms with Gasteiger partial charge in [0, 0.05) is 6.07 Å². The Morgan fingerprint density at radius 2 is 1.81 bits per heavy atom. The summed E-state index contributed by atoms with van der Waals surface area (Å²) >= 11 is 0. The molecule has 0 aromatic heterocycles. The van der Waals surface area contributed by atoms with Crippen LogP contribution in [0.1, 0.15) is 10.4 Å². The number of nitrogen functional groups attached to an aromatic ring is 1. The largest absolute Gasteiger partial charge is 0.478 e. The molecule has 1 aromatic rings. The number of nitro benzene ring substituents is 2. The summed E-state index contributed by atoms with van der Waals surface area (Å²) in [6.07, 6.45) is 0. The van der Waals surface area contributed by atoms with Crippen LogP contribution in [-0.2, 0) is 0 Å². The highest BCUT2D eigenvalue weighted by Gasteiger charge is 2.25. The van der Waals surface area contributed by atoms with Gasteiger partial charge in [0.2, 0.25) is 0 Å². The quantitative estimate of drug-likeness (QED) is 0.439. The number of carboxylic acid groups (broad SMARTS) is 1. The predicted octanol–water partition coefficient (Wildman–Crippen LogP) is 0.783.